The molecule has 110 valence electrons. The average molecular weight is 277 g/mol. The van der Waals surface area contributed by atoms with E-state index in [0.29, 0.717) is 5.56 Å². The Morgan fingerprint density at radius 2 is 2.10 bits per heavy atom. The fraction of sp³-hybridized carbons (Fsp3) is 0.625. The summed E-state index contributed by atoms with van der Waals surface area (Å²) >= 11 is 0. The van der Waals surface area contributed by atoms with Crippen LogP contribution in [0.3, 0.4) is 0 Å². The first-order chi connectivity index (χ1) is 9.76. The van der Waals surface area contributed by atoms with Gasteiger partial charge >= 0.3 is 0 Å². The number of piperazine rings is 1. The second kappa shape index (κ2) is 6.20. The summed E-state index contributed by atoms with van der Waals surface area (Å²) in [5, 5.41) is 0. The number of benzene rings is 1. The van der Waals surface area contributed by atoms with Gasteiger partial charge in [-0.15, -0.1) is 0 Å². The first kappa shape index (κ1) is 14.0. The standard InChI is InChI=1S/C16H24FN3/c17-16-5-4-13(9-14(16)10-18)11-19-7-8-20-6-2-1-3-15(20)12-19/h4-5,9,15H,1-3,6-8,10-12,18H2. The lowest BCUT2D eigenvalue weighted by molar-refractivity contribution is 0.0456. The SMILES string of the molecule is NCc1cc(CN2CCN3CCCCC3C2)ccc1F. The Bertz CT molecular complexity index is 463. The normalized spacial score (nSPS) is 24.6. The molecule has 0 radical (unpaired) electrons. The topological polar surface area (TPSA) is 32.5 Å². The molecule has 1 aromatic rings. The molecule has 0 spiro atoms. The van der Waals surface area contributed by atoms with E-state index in [-0.39, 0.29) is 12.4 Å². The Morgan fingerprint density at radius 1 is 1.20 bits per heavy atom. The summed E-state index contributed by atoms with van der Waals surface area (Å²) < 4.78 is 13.5. The van der Waals surface area contributed by atoms with Gasteiger partial charge in [0.1, 0.15) is 5.82 Å². The fourth-order valence-corrected chi connectivity index (χ4v) is 3.51. The highest BCUT2D eigenvalue weighted by molar-refractivity contribution is 5.25. The van der Waals surface area contributed by atoms with Gasteiger partial charge in [-0.1, -0.05) is 18.6 Å². The van der Waals surface area contributed by atoms with Crippen LogP contribution in [-0.4, -0.2) is 42.0 Å². The van der Waals surface area contributed by atoms with Crippen LogP contribution in [0.25, 0.3) is 0 Å². The van der Waals surface area contributed by atoms with Crippen molar-refractivity contribution in [3.8, 4) is 0 Å². The molecule has 2 saturated heterocycles. The van der Waals surface area contributed by atoms with Crippen LogP contribution in [0.1, 0.15) is 30.4 Å². The Labute approximate surface area is 120 Å². The van der Waals surface area contributed by atoms with E-state index in [4.69, 9.17) is 5.73 Å². The molecule has 20 heavy (non-hydrogen) atoms. The maximum atomic E-state index is 13.5. The zero-order valence-corrected chi connectivity index (χ0v) is 12.0. The lowest BCUT2D eigenvalue weighted by atomic mass is 9.99. The number of hydrogen-bond donors (Lipinski definition) is 1. The van der Waals surface area contributed by atoms with Crippen molar-refractivity contribution in [2.45, 2.75) is 38.4 Å². The fourth-order valence-electron chi connectivity index (χ4n) is 3.51. The molecule has 1 atom stereocenters. The molecule has 0 aliphatic carbocycles. The zero-order chi connectivity index (χ0) is 13.9. The van der Waals surface area contributed by atoms with Crippen LogP contribution in [0, 0.1) is 5.82 Å². The first-order valence-corrected chi connectivity index (χ1v) is 7.70. The van der Waals surface area contributed by atoms with Crippen LogP contribution in [0.2, 0.25) is 0 Å². The molecule has 2 aliphatic rings. The van der Waals surface area contributed by atoms with E-state index < -0.39 is 0 Å². The number of nitrogens with zero attached hydrogens (tertiary/aromatic N) is 2. The monoisotopic (exact) mass is 277 g/mol. The minimum absolute atomic E-state index is 0.187. The second-order valence-electron chi connectivity index (χ2n) is 6.05. The summed E-state index contributed by atoms with van der Waals surface area (Å²) in [4.78, 5) is 5.13. The molecule has 0 saturated carbocycles. The molecule has 2 N–H and O–H groups in total. The molecule has 0 amide bonds. The third kappa shape index (κ3) is 3.03. The van der Waals surface area contributed by atoms with Crippen molar-refractivity contribution in [2.75, 3.05) is 26.2 Å². The number of halogens is 1. The summed E-state index contributed by atoms with van der Waals surface area (Å²) in [6, 6.07) is 6.09. The van der Waals surface area contributed by atoms with Crippen LogP contribution in [0.5, 0.6) is 0 Å². The van der Waals surface area contributed by atoms with Crippen molar-refractivity contribution in [1.82, 2.24) is 9.80 Å². The Balaban J connectivity index is 1.63. The van der Waals surface area contributed by atoms with Crippen molar-refractivity contribution >= 4 is 0 Å². The first-order valence-electron chi connectivity index (χ1n) is 7.70. The van der Waals surface area contributed by atoms with Gasteiger partial charge in [-0.2, -0.15) is 0 Å². The molecule has 3 nitrogen and oxygen atoms in total. The predicted molar refractivity (Wildman–Crippen MR) is 78.8 cm³/mol. The second-order valence-corrected chi connectivity index (χ2v) is 6.05. The van der Waals surface area contributed by atoms with Crippen molar-refractivity contribution in [3.63, 3.8) is 0 Å². The van der Waals surface area contributed by atoms with Gasteiger partial charge in [0.05, 0.1) is 0 Å². The van der Waals surface area contributed by atoms with Crippen LogP contribution >= 0.6 is 0 Å². The van der Waals surface area contributed by atoms with E-state index in [1.165, 1.54) is 37.9 Å². The van der Waals surface area contributed by atoms with Gasteiger partial charge in [-0.25, -0.2) is 4.39 Å². The Morgan fingerprint density at radius 3 is 2.95 bits per heavy atom. The molecule has 0 bridgehead atoms. The number of piperidine rings is 1. The van der Waals surface area contributed by atoms with Crippen LogP contribution in [-0.2, 0) is 13.1 Å². The van der Waals surface area contributed by atoms with E-state index in [9.17, 15) is 4.39 Å². The van der Waals surface area contributed by atoms with E-state index >= 15 is 0 Å². The summed E-state index contributed by atoms with van der Waals surface area (Å²) in [6.07, 6.45) is 4.05. The summed E-state index contributed by atoms with van der Waals surface area (Å²) in [7, 11) is 0. The van der Waals surface area contributed by atoms with Gasteiger partial charge in [0.2, 0.25) is 0 Å². The molecular weight excluding hydrogens is 253 g/mol. The van der Waals surface area contributed by atoms with Crippen LogP contribution < -0.4 is 5.73 Å². The zero-order valence-electron chi connectivity index (χ0n) is 12.0. The number of fused-ring (bicyclic) bond motifs is 1. The van der Waals surface area contributed by atoms with Crippen molar-refractivity contribution < 1.29 is 4.39 Å². The lowest BCUT2D eigenvalue weighted by Gasteiger charge is -2.44. The van der Waals surface area contributed by atoms with Crippen molar-refractivity contribution in [1.29, 1.82) is 0 Å². The maximum absolute atomic E-state index is 13.5. The molecule has 3 rings (SSSR count). The Hall–Kier alpha value is -0.970. The highest BCUT2D eigenvalue weighted by Gasteiger charge is 2.28. The summed E-state index contributed by atoms with van der Waals surface area (Å²) in [6.45, 7) is 5.90. The minimum Gasteiger partial charge on any atom is -0.326 e. The summed E-state index contributed by atoms with van der Waals surface area (Å²) in [5.74, 6) is -0.187. The smallest absolute Gasteiger partial charge is 0.127 e. The van der Waals surface area contributed by atoms with E-state index in [0.717, 1.165) is 25.7 Å². The maximum Gasteiger partial charge on any atom is 0.127 e. The molecule has 2 fully saturated rings. The number of nitrogens with two attached hydrogens (primary N) is 1. The molecule has 4 heteroatoms. The lowest BCUT2D eigenvalue weighted by Crippen LogP contribution is -2.54. The van der Waals surface area contributed by atoms with E-state index in [1.807, 2.05) is 12.1 Å². The minimum atomic E-state index is -0.187. The van der Waals surface area contributed by atoms with Crippen LogP contribution in [0.4, 0.5) is 4.39 Å². The molecular formula is C16H24FN3. The molecule has 2 aliphatic heterocycles. The molecule has 1 unspecified atom stereocenters. The Kier molecular flexibility index (Phi) is 4.34. The van der Waals surface area contributed by atoms with Crippen molar-refractivity contribution in [2.24, 2.45) is 5.73 Å². The van der Waals surface area contributed by atoms with Gasteiger partial charge in [-0.05, 0) is 31.0 Å². The third-order valence-electron chi connectivity index (χ3n) is 4.66. The molecule has 0 aromatic heterocycles. The quantitative estimate of drug-likeness (QED) is 0.916. The highest BCUT2D eigenvalue weighted by atomic mass is 19.1. The van der Waals surface area contributed by atoms with E-state index in [1.54, 1.807) is 6.07 Å². The predicted octanol–water partition coefficient (Wildman–Crippen LogP) is 1.95. The largest absolute Gasteiger partial charge is 0.326 e. The average Bonchev–Trinajstić information content (AvgIpc) is 2.49. The van der Waals surface area contributed by atoms with Crippen LogP contribution in [0.15, 0.2) is 18.2 Å². The van der Waals surface area contributed by atoms with Gasteiger partial charge in [0, 0.05) is 44.3 Å². The number of rotatable bonds is 3. The highest BCUT2D eigenvalue weighted by Crippen LogP contribution is 2.22. The van der Waals surface area contributed by atoms with Gasteiger partial charge in [-0.3, -0.25) is 9.80 Å². The summed E-state index contributed by atoms with van der Waals surface area (Å²) in [5.41, 5.74) is 7.38. The van der Waals surface area contributed by atoms with Gasteiger partial charge in [0.15, 0.2) is 0 Å². The molecule has 2 heterocycles. The molecule has 1 aromatic carbocycles. The third-order valence-corrected chi connectivity index (χ3v) is 4.66. The van der Waals surface area contributed by atoms with E-state index in [2.05, 4.69) is 9.80 Å². The van der Waals surface area contributed by atoms with Gasteiger partial charge in [0.25, 0.3) is 0 Å². The van der Waals surface area contributed by atoms with Crippen molar-refractivity contribution in [3.05, 3.63) is 35.1 Å². The van der Waals surface area contributed by atoms with Gasteiger partial charge < -0.3 is 5.73 Å². The number of hydrogen-bond acceptors (Lipinski definition) is 3.